The number of rotatable bonds is 12. The molecular formula is C21H23F5NO5P. The molecule has 2 rings (SSSR count). The van der Waals surface area contributed by atoms with E-state index in [1.165, 1.54) is 36.1 Å². The Morgan fingerprint density at radius 2 is 1.52 bits per heavy atom. The third kappa shape index (κ3) is 6.68. The monoisotopic (exact) mass is 495 g/mol. The van der Waals surface area contributed by atoms with Gasteiger partial charge in [-0.2, -0.15) is 8.78 Å². The second kappa shape index (κ2) is 11.5. The van der Waals surface area contributed by atoms with Gasteiger partial charge in [0.2, 0.25) is 34.8 Å². The molecule has 2 aromatic carbocycles. The molecule has 0 heterocycles. The summed E-state index contributed by atoms with van der Waals surface area (Å²) in [6, 6.07) is 6.29. The van der Waals surface area contributed by atoms with Crippen molar-refractivity contribution >= 4 is 13.6 Å². The van der Waals surface area contributed by atoms with E-state index in [0.29, 0.717) is 6.42 Å². The lowest BCUT2D eigenvalue weighted by atomic mass is 10.2. The molecule has 0 aromatic heterocycles. The lowest BCUT2D eigenvalue weighted by Gasteiger charge is -2.28. The SMILES string of the molecule is CCCCN(CC[P@](=O)(Oc1ccccc1)Oc1c(F)c(F)c(F)c(F)c1F)[C@@H](C)C(=O)O. The molecule has 0 saturated carbocycles. The van der Waals surface area contributed by atoms with E-state index in [1.54, 1.807) is 6.07 Å². The van der Waals surface area contributed by atoms with E-state index < -0.39 is 60.6 Å². The van der Waals surface area contributed by atoms with Crippen molar-refractivity contribution in [2.45, 2.75) is 32.7 Å². The third-order valence-corrected chi connectivity index (χ3v) is 6.45. The van der Waals surface area contributed by atoms with Gasteiger partial charge in [-0.3, -0.25) is 9.69 Å². The molecule has 0 spiro atoms. The Bertz CT molecular complexity index is 995. The minimum absolute atomic E-state index is 0.0453. The number of nitrogens with zero attached hydrogens (tertiary/aromatic N) is 1. The molecule has 0 bridgehead atoms. The zero-order valence-electron chi connectivity index (χ0n) is 17.9. The Morgan fingerprint density at radius 3 is 2.03 bits per heavy atom. The van der Waals surface area contributed by atoms with Crippen molar-refractivity contribution in [2.24, 2.45) is 0 Å². The van der Waals surface area contributed by atoms with Gasteiger partial charge in [0, 0.05) is 6.54 Å². The first kappa shape index (κ1) is 26.6. The van der Waals surface area contributed by atoms with Gasteiger partial charge in [-0.1, -0.05) is 31.5 Å². The van der Waals surface area contributed by atoms with Crippen molar-refractivity contribution in [1.29, 1.82) is 0 Å². The van der Waals surface area contributed by atoms with E-state index in [4.69, 9.17) is 9.05 Å². The maximum absolute atomic E-state index is 14.2. The fourth-order valence-corrected chi connectivity index (χ4v) is 4.43. The highest BCUT2D eigenvalue weighted by Crippen LogP contribution is 2.50. The smallest absolute Gasteiger partial charge is 0.432 e. The van der Waals surface area contributed by atoms with Crippen LogP contribution in [0, 0.1) is 29.1 Å². The lowest BCUT2D eigenvalue weighted by molar-refractivity contribution is -0.142. The van der Waals surface area contributed by atoms with Crippen LogP contribution in [0.4, 0.5) is 22.0 Å². The van der Waals surface area contributed by atoms with E-state index in [9.17, 15) is 36.4 Å². The maximum atomic E-state index is 14.2. The first-order chi connectivity index (χ1) is 15.5. The Labute approximate surface area is 187 Å². The average molecular weight is 495 g/mol. The first-order valence-electron chi connectivity index (χ1n) is 10.0. The van der Waals surface area contributed by atoms with Crippen LogP contribution in [-0.2, 0) is 9.36 Å². The van der Waals surface area contributed by atoms with Crippen LogP contribution in [0.1, 0.15) is 26.7 Å². The van der Waals surface area contributed by atoms with Gasteiger partial charge in [-0.25, -0.2) is 17.7 Å². The fourth-order valence-electron chi connectivity index (χ4n) is 2.82. The Kier molecular flexibility index (Phi) is 9.25. The largest absolute Gasteiger partial charge is 0.480 e. The molecule has 0 aliphatic carbocycles. The molecule has 6 nitrogen and oxygen atoms in total. The van der Waals surface area contributed by atoms with Gasteiger partial charge in [0.1, 0.15) is 11.8 Å². The molecule has 2 atom stereocenters. The Balaban J connectivity index is 2.41. The Morgan fingerprint density at radius 1 is 0.970 bits per heavy atom. The molecule has 0 amide bonds. The normalized spacial score (nSPS) is 14.1. The molecule has 12 heteroatoms. The van der Waals surface area contributed by atoms with Crippen LogP contribution in [0.3, 0.4) is 0 Å². The molecule has 0 unspecified atom stereocenters. The molecule has 0 fully saturated rings. The predicted octanol–water partition coefficient (Wildman–Crippen LogP) is 5.61. The average Bonchev–Trinajstić information content (AvgIpc) is 2.79. The maximum Gasteiger partial charge on any atom is 0.432 e. The number of benzene rings is 2. The molecule has 182 valence electrons. The number of hydrogen-bond donors (Lipinski definition) is 1. The van der Waals surface area contributed by atoms with Gasteiger partial charge in [0.05, 0.1) is 6.16 Å². The van der Waals surface area contributed by atoms with Crippen LogP contribution in [0.2, 0.25) is 0 Å². The number of hydrogen-bond acceptors (Lipinski definition) is 5. The van der Waals surface area contributed by atoms with Gasteiger partial charge < -0.3 is 14.2 Å². The summed E-state index contributed by atoms with van der Waals surface area (Å²) < 4.78 is 92.5. The molecular weight excluding hydrogens is 472 g/mol. The van der Waals surface area contributed by atoms with Crippen LogP contribution >= 0.6 is 7.60 Å². The number of carboxylic acids is 1. The van der Waals surface area contributed by atoms with Gasteiger partial charge in [0.15, 0.2) is 0 Å². The minimum atomic E-state index is -4.60. The first-order valence-corrected chi connectivity index (χ1v) is 11.7. The number of aliphatic carboxylic acids is 1. The Hall–Kier alpha value is -2.65. The van der Waals surface area contributed by atoms with Gasteiger partial charge in [-0.05, 0) is 32.0 Å². The van der Waals surface area contributed by atoms with Gasteiger partial charge in [0.25, 0.3) is 0 Å². The van der Waals surface area contributed by atoms with Crippen molar-refractivity contribution in [2.75, 3.05) is 19.3 Å². The topological polar surface area (TPSA) is 76.1 Å². The molecule has 2 aromatic rings. The fraction of sp³-hybridized carbons (Fsp3) is 0.381. The van der Waals surface area contributed by atoms with Gasteiger partial charge in [-0.15, -0.1) is 0 Å². The second-order valence-corrected chi connectivity index (χ2v) is 9.17. The van der Waals surface area contributed by atoms with Crippen LogP contribution in [-0.4, -0.2) is 41.3 Å². The molecule has 33 heavy (non-hydrogen) atoms. The van der Waals surface area contributed by atoms with Crippen molar-refractivity contribution in [3.05, 3.63) is 59.4 Å². The molecule has 1 N–H and O–H groups in total. The lowest BCUT2D eigenvalue weighted by Crippen LogP contribution is -2.41. The highest BCUT2D eigenvalue weighted by Gasteiger charge is 2.36. The number of carboxylic acid groups (broad SMARTS) is 1. The summed E-state index contributed by atoms with van der Waals surface area (Å²) >= 11 is 0. The van der Waals surface area contributed by atoms with E-state index >= 15 is 0 Å². The van der Waals surface area contributed by atoms with Crippen molar-refractivity contribution in [3.63, 3.8) is 0 Å². The summed E-state index contributed by atoms with van der Waals surface area (Å²) in [4.78, 5) is 12.9. The van der Waals surface area contributed by atoms with E-state index in [-0.39, 0.29) is 18.8 Å². The highest BCUT2D eigenvalue weighted by molar-refractivity contribution is 7.54. The van der Waals surface area contributed by atoms with Crippen LogP contribution in [0.25, 0.3) is 0 Å². The summed E-state index contributed by atoms with van der Waals surface area (Å²) in [7, 11) is -4.60. The zero-order valence-corrected chi connectivity index (χ0v) is 18.8. The van der Waals surface area contributed by atoms with E-state index in [1.807, 2.05) is 6.92 Å². The molecule has 0 aliphatic heterocycles. The third-order valence-electron chi connectivity index (χ3n) is 4.75. The molecule has 0 radical (unpaired) electrons. The van der Waals surface area contributed by atoms with Crippen molar-refractivity contribution in [1.82, 2.24) is 4.90 Å². The number of carbonyl (C=O) groups is 1. The second-order valence-electron chi connectivity index (χ2n) is 7.13. The minimum Gasteiger partial charge on any atom is -0.480 e. The van der Waals surface area contributed by atoms with Crippen LogP contribution in [0.5, 0.6) is 11.5 Å². The number of para-hydroxylation sites is 1. The summed E-state index contributed by atoms with van der Waals surface area (Å²) in [5.74, 6) is -14.5. The van der Waals surface area contributed by atoms with Crippen LogP contribution in [0.15, 0.2) is 30.3 Å². The number of unbranched alkanes of at least 4 members (excludes halogenated alkanes) is 1. The van der Waals surface area contributed by atoms with E-state index in [0.717, 1.165) is 6.42 Å². The van der Waals surface area contributed by atoms with E-state index in [2.05, 4.69) is 0 Å². The van der Waals surface area contributed by atoms with Crippen molar-refractivity contribution in [3.8, 4) is 11.5 Å². The highest BCUT2D eigenvalue weighted by atomic mass is 31.2. The quantitative estimate of drug-likeness (QED) is 0.179. The summed E-state index contributed by atoms with van der Waals surface area (Å²) in [6.07, 6.45) is 0.727. The molecule has 0 aliphatic rings. The van der Waals surface area contributed by atoms with Crippen molar-refractivity contribution < 1.29 is 45.5 Å². The predicted molar refractivity (Wildman–Crippen MR) is 110 cm³/mol. The number of halogens is 5. The zero-order chi connectivity index (χ0) is 24.8. The molecule has 0 saturated heterocycles. The van der Waals surface area contributed by atoms with Crippen LogP contribution < -0.4 is 9.05 Å². The summed E-state index contributed by atoms with van der Waals surface area (Å²) in [5, 5.41) is 9.32. The van der Waals surface area contributed by atoms with Gasteiger partial charge >= 0.3 is 13.6 Å². The standard InChI is InChI=1S/C21H23F5NO5P/c1-3-4-10-27(13(2)21(28)29)11-12-33(30,31-14-8-6-5-7-9-14)32-20-18(25)16(23)15(22)17(24)19(20)26/h5-9,13H,3-4,10-12H2,1-2H3,(H,28,29)/t13-,33-/m0/s1. The summed E-state index contributed by atoms with van der Waals surface area (Å²) in [5.41, 5.74) is 0. The summed E-state index contributed by atoms with van der Waals surface area (Å²) in [6.45, 7) is 3.34.